The highest BCUT2D eigenvalue weighted by Crippen LogP contribution is 2.36. The van der Waals surface area contributed by atoms with Gasteiger partial charge in [0, 0.05) is 42.3 Å². The Hall–Kier alpha value is -3.08. The summed E-state index contributed by atoms with van der Waals surface area (Å²) in [4.78, 5) is 11.5. The topological polar surface area (TPSA) is 49.2 Å². The van der Waals surface area contributed by atoms with Crippen molar-refractivity contribution in [3.05, 3.63) is 84.9 Å². The van der Waals surface area contributed by atoms with Crippen LogP contribution in [-0.2, 0) is 0 Å². The number of pyridine rings is 2. The number of fused-ring (bicyclic) bond motifs is 1. The van der Waals surface area contributed by atoms with E-state index >= 15 is 0 Å². The van der Waals surface area contributed by atoms with Gasteiger partial charge in [0.1, 0.15) is 0 Å². The molecule has 4 heteroatoms. The number of aliphatic hydroxyl groups is 1. The summed E-state index contributed by atoms with van der Waals surface area (Å²) in [6.07, 6.45) is 7.64. The van der Waals surface area contributed by atoms with E-state index in [-0.39, 0.29) is 6.10 Å². The van der Waals surface area contributed by atoms with Crippen LogP contribution in [0.25, 0.3) is 33.0 Å². The van der Waals surface area contributed by atoms with Crippen LogP contribution in [0.1, 0.15) is 31.4 Å². The van der Waals surface area contributed by atoms with Crippen molar-refractivity contribution in [1.82, 2.24) is 14.9 Å². The summed E-state index contributed by atoms with van der Waals surface area (Å²) >= 11 is 0. The van der Waals surface area contributed by atoms with E-state index in [1.807, 2.05) is 19.3 Å². The van der Waals surface area contributed by atoms with Crippen molar-refractivity contribution < 1.29 is 5.11 Å². The van der Waals surface area contributed by atoms with Crippen molar-refractivity contribution in [1.29, 1.82) is 0 Å². The largest absolute Gasteiger partial charge is 0.392 e. The van der Waals surface area contributed by atoms with Gasteiger partial charge in [0.2, 0.25) is 0 Å². The molecule has 0 amide bonds. The molecule has 2 aromatic heterocycles. The maximum atomic E-state index is 9.70. The lowest BCUT2D eigenvalue weighted by molar-refractivity contribution is 0.109. The number of likely N-dealkylation sites (tertiary alicyclic amines) is 1. The number of piperidine rings is 1. The minimum atomic E-state index is -0.274. The second kappa shape index (κ2) is 9.19. The quantitative estimate of drug-likeness (QED) is 0.459. The number of benzene rings is 2. The first kappa shape index (κ1) is 20.8. The van der Waals surface area contributed by atoms with Crippen molar-refractivity contribution in [2.45, 2.75) is 31.8 Å². The van der Waals surface area contributed by atoms with Gasteiger partial charge >= 0.3 is 0 Å². The van der Waals surface area contributed by atoms with Gasteiger partial charge in [-0.2, -0.15) is 0 Å². The van der Waals surface area contributed by atoms with E-state index in [1.54, 1.807) is 0 Å². The second-order valence-electron chi connectivity index (χ2n) is 8.88. The van der Waals surface area contributed by atoms with Crippen LogP contribution in [0.15, 0.2) is 79.3 Å². The third-order valence-corrected chi connectivity index (χ3v) is 6.51. The first-order valence-corrected chi connectivity index (χ1v) is 11.5. The van der Waals surface area contributed by atoms with Gasteiger partial charge in [0.05, 0.1) is 6.10 Å². The molecule has 4 nitrogen and oxygen atoms in total. The predicted octanol–water partition coefficient (Wildman–Crippen LogP) is 5.52. The highest BCUT2D eigenvalue weighted by Gasteiger charge is 2.23. The van der Waals surface area contributed by atoms with Gasteiger partial charge in [0.15, 0.2) is 0 Å². The van der Waals surface area contributed by atoms with E-state index in [1.165, 1.54) is 27.5 Å². The molecular formula is C28H29N3O. The molecule has 162 valence electrons. The summed E-state index contributed by atoms with van der Waals surface area (Å²) in [5.41, 5.74) is 5.87. The maximum absolute atomic E-state index is 9.70. The fraction of sp³-hybridized carbons (Fsp3) is 0.286. The average molecular weight is 424 g/mol. The average Bonchev–Trinajstić information content (AvgIpc) is 2.84. The molecule has 0 radical (unpaired) electrons. The summed E-state index contributed by atoms with van der Waals surface area (Å²) in [5, 5.41) is 12.2. The molecule has 0 saturated carbocycles. The molecule has 1 unspecified atom stereocenters. The first-order valence-electron chi connectivity index (χ1n) is 11.5. The Morgan fingerprint density at radius 1 is 0.906 bits per heavy atom. The standard InChI is InChI=1S/C28H29N3O/c1-20(32)19-31-14-10-23(11-15-31)28-17-26(22-8-12-29-13-9-22)27(18-30-28)25-7-6-21-4-2-3-5-24(21)16-25/h2-9,12-13,16-18,20,23,32H,10-11,14-15,19H2,1H3. The monoisotopic (exact) mass is 423 g/mol. The van der Waals surface area contributed by atoms with Crippen LogP contribution in [0.2, 0.25) is 0 Å². The smallest absolute Gasteiger partial charge is 0.0639 e. The lowest BCUT2D eigenvalue weighted by Crippen LogP contribution is -2.37. The molecule has 4 aromatic rings. The molecule has 1 aliphatic rings. The summed E-state index contributed by atoms with van der Waals surface area (Å²) in [6, 6.07) is 21.5. The molecule has 5 rings (SSSR count). The Labute approximate surface area is 189 Å². The molecule has 1 saturated heterocycles. The van der Waals surface area contributed by atoms with Gasteiger partial charge in [0.25, 0.3) is 0 Å². The highest BCUT2D eigenvalue weighted by atomic mass is 16.3. The van der Waals surface area contributed by atoms with Crippen LogP contribution in [0.4, 0.5) is 0 Å². The highest BCUT2D eigenvalue weighted by molar-refractivity contribution is 5.91. The van der Waals surface area contributed by atoms with Crippen molar-refractivity contribution in [2.75, 3.05) is 19.6 Å². The van der Waals surface area contributed by atoms with Crippen LogP contribution >= 0.6 is 0 Å². The lowest BCUT2D eigenvalue weighted by Gasteiger charge is -2.32. The summed E-state index contributed by atoms with van der Waals surface area (Å²) in [6.45, 7) is 4.63. The minimum absolute atomic E-state index is 0.274. The fourth-order valence-corrected chi connectivity index (χ4v) is 4.84. The van der Waals surface area contributed by atoms with Crippen LogP contribution < -0.4 is 0 Å². The third-order valence-electron chi connectivity index (χ3n) is 6.51. The Kier molecular flexibility index (Phi) is 5.97. The van der Waals surface area contributed by atoms with E-state index in [0.29, 0.717) is 5.92 Å². The Morgan fingerprint density at radius 2 is 1.66 bits per heavy atom. The van der Waals surface area contributed by atoms with E-state index in [0.717, 1.165) is 43.7 Å². The van der Waals surface area contributed by atoms with Crippen LogP contribution in [0.3, 0.4) is 0 Å². The zero-order chi connectivity index (χ0) is 21.9. The van der Waals surface area contributed by atoms with Gasteiger partial charge in [-0.05, 0) is 84.6 Å². The summed E-state index contributed by atoms with van der Waals surface area (Å²) in [5.74, 6) is 0.450. The Balaban J connectivity index is 1.51. The van der Waals surface area contributed by atoms with E-state index in [4.69, 9.17) is 4.98 Å². The Bertz CT molecular complexity index is 1200. The minimum Gasteiger partial charge on any atom is -0.392 e. The molecule has 0 spiro atoms. The zero-order valence-electron chi connectivity index (χ0n) is 18.5. The van der Waals surface area contributed by atoms with Crippen LogP contribution in [-0.4, -0.2) is 45.7 Å². The number of aliphatic hydroxyl groups excluding tert-OH is 1. The third kappa shape index (κ3) is 4.43. The molecule has 0 bridgehead atoms. The molecule has 1 atom stereocenters. The molecule has 0 aliphatic carbocycles. The molecule has 2 aromatic carbocycles. The van der Waals surface area contributed by atoms with Gasteiger partial charge in [-0.3, -0.25) is 9.97 Å². The molecule has 1 fully saturated rings. The number of nitrogens with zero attached hydrogens (tertiary/aromatic N) is 3. The number of hydrogen-bond donors (Lipinski definition) is 1. The molecule has 1 N–H and O–H groups in total. The summed E-state index contributed by atoms with van der Waals surface area (Å²) in [7, 11) is 0. The van der Waals surface area contributed by atoms with Gasteiger partial charge < -0.3 is 10.0 Å². The Morgan fingerprint density at radius 3 is 2.41 bits per heavy atom. The van der Waals surface area contributed by atoms with Gasteiger partial charge in [-0.25, -0.2) is 0 Å². The fourth-order valence-electron chi connectivity index (χ4n) is 4.84. The van der Waals surface area contributed by atoms with Gasteiger partial charge in [-0.15, -0.1) is 0 Å². The summed E-state index contributed by atoms with van der Waals surface area (Å²) < 4.78 is 0. The second-order valence-corrected chi connectivity index (χ2v) is 8.88. The zero-order valence-corrected chi connectivity index (χ0v) is 18.5. The van der Waals surface area contributed by atoms with Crippen LogP contribution in [0, 0.1) is 0 Å². The number of rotatable bonds is 5. The molecular weight excluding hydrogens is 394 g/mol. The molecule has 1 aliphatic heterocycles. The van der Waals surface area contributed by atoms with Crippen molar-refractivity contribution in [3.63, 3.8) is 0 Å². The van der Waals surface area contributed by atoms with Crippen molar-refractivity contribution in [3.8, 4) is 22.3 Å². The van der Waals surface area contributed by atoms with E-state index in [2.05, 4.69) is 76.7 Å². The van der Waals surface area contributed by atoms with E-state index in [9.17, 15) is 5.11 Å². The predicted molar refractivity (Wildman–Crippen MR) is 131 cm³/mol. The molecule has 3 heterocycles. The molecule has 32 heavy (non-hydrogen) atoms. The van der Waals surface area contributed by atoms with E-state index < -0.39 is 0 Å². The van der Waals surface area contributed by atoms with Crippen molar-refractivity contribution in [2.24, 2.45) is 0 Å². The maximum Gasteiger partial charge on any atom is 0.0639 e. The number of hydrogen-bond acceptors (Lipinski definition) is 4. The van der Waals surface area contributed by atoms with Crippen molar-refractivity contribution >= 4 is 10.8 Å². The SMILES string of the molecule is CC(O)CN1CCC(c2cc(-c3ccncc3)c(-c3ccc4ccccc4c3)cn2)CC1. The lowest BCUT2D eigenvalue weighted by atomic mass is 9.89. The first-order chi connectivity index (χ1) is 15.7. The normalized spacial score (nSPS) is 16.3. The number of aromatic nitrogens is 2. The van der Waals surface area contributed by atoms with Gasteiger partial charge in [-0.1, -0.05) is 36.4 Å². The number of β-amino-alcohol motifs (C(OH)–C–C–N with tert-alkyl or cyclic N) is 1. The van der Waals surface area contributed by atoms with Crippen LogP contribution in [0.5, 0.6) is 0 Å².